The van der Waals surface area contributed by atoms with Gasteiger partial charge in [-0.05, 0) is 6.42 Å². The van der Waals surface area contributed by atoms with Gasteiger partial charge in [-0.15, -0.1) is 0 Å². The van der Waals surface area contributed by atoms with E-state index in [0.29, 0.717) is 33.7 Å². The second-order valence-electron chi connectivity index (χ2n) is 4.75. The Bertz CT molecular complexity index is 819. The first-order valence-electron chi connectivity index (χ1n) is 7.01. The van der Waals surface area contributed by atoms with Crippen LogP contribution in [0.3, 0.4) is 0 Å². The van der Waals surface area contributed by atoms with Crippen molar-refractivity contribution < 1.29 is 9.78 Å². The number of carbonyl (C=O) groups is 1. The number of aromatic amines is 1. The monoisotopic (exact) mass is 323 g/mol. The van der Waals surface area contributed by atoms with Gasteiger partial charge in [0.05, 0.1) is 5.75 Å². The average Bonchev–Trinajstić information content (AvgIpc) is 2.59. The van der Waals surface area contributed by atoms with E-state index in [1.807, 2.05) is 19.1 Å². The number of rotatable bonds is 5. The van der Waals surface area contributed by atoms with Crippen molar-refractivity contribution in [3.05, 3.63) is 52.6 Å². The van der Waals surface area contributed by atoms with E-state index in [1.165, 1.54) is 11.8 Å². The molecule has 1 aromatic carbocycles. The topological polar surface area (TPSA) is 105 Å². The summed E-state index contributed by atoms with van der Waals surface area (Å²) in [5, 5.41) is 19.1. The van der Waals surface area contributed by atoms with E-state index in [9.17, 15) is 15.3 Å². The highest BCUT2D eigenvalue weighted by molar-refractivity contribution is 7.99. The average molecular weight is 323 g/mol. The summed E-state index contributed by atoms with van der Waals surface area (Å²) in [6, 6.07) is 13.1. The number of nitrogens with two attached hydrogens (primary N) is 1. The Morgan fingerprint density at radius 3 is 2.43 bits per heavy atom. The number of hydrogen-bond acceptors (Lipinski definition) is 5. The zero-order chi connectivity index (χ0) is 16.8. The molecule has 0 aliphatic rings. The SMILES string of the molecule is CCc1c(C#N)c(N)[nH+]c(SCC(=O)c2ccccc2)c1C#N. The zero-order valence-electron chi connectivity index (χ0n) is 12.6. The van der Waals surface area contributed by atoms with Crippen LogP contribution >= 0.6 is 11.8 Å². The van der Waals surface area contributed by atoms with Crippen LogP contribution < -0.4 is 10.7 Å². The highest BCUT2D eigenvalue weighted by Crippen LogP contribution is 2.26. The number of pyridine rings is 1. The van der Waals surface area contributed by atoms with Gasteiger partial charge in [-0.3, -0.25) is 10.5 Å². The number of ketones is 1. The Hall–Kier alpha value is -2.83. The van der Waals surface area contributed by atoms with Crippen LogP contribution in [0.25, 0.3) is 0 Å². The number of nitriles is 2. The van der Waals surface area contributed by atoms with Crippen molar-refractivity contribution in [2.75, 3.05) is 11.5 Å². The van der Waals surface area contributed by atoms with Gasteiger partial charge in [0.15, 0.2) is 10.8 Å². The summed E-state index contributed by atoms with van der Waals surface area (Å²) < 4.78 is 0. The Morgan fingerprint density at radius 2 is 1.87 bits per heavy atom. The number of anilines is 1. The van der Waals surface area contributed by atoms with Gasteiger partial charge in [0.2, 0.25) is 0 Å². The lowest BCUT2D eigenvalue weighted by Gasteiger charge is -2.07. The van der Waals surface area contributed by atoms with Crippen LogP contribution in [0, 0.1) is 22.7 Å². The number of hydrogen-bond donors (Lipinski definition) is 1. The maximum Gasteiger partial charge on any atom is 0.289 e. The molecular weight excluding hydrogens is 308 g/mol. The third-order valence-electron chi connectivity index (χ3n) is 3.37. The minimum atomic E-state index is -0.0335. The molecule has 0 spiro atoms. The molecule has 0 saturated heterocycles. The van der Waals surface area contributed by atoms with E-state index >= 15 is 0 Å². The van der Waals surface area contributed by atoms with Gasteiger partial charge in [-0.2, -0.15) is 10.5 Å². The molecule has 3 N–H and O–H groups in total. The second-order valence-corrected chi connectivity index (χ2v) is 5.74. The van der Waals surface area contributed by atoms with E-state index in [2.05, 4.69) is 11.1 Å². The van der Waals surface area contributed by atoms with Crippen molar-refractivity contribution in [3.63, 3.8) is 0 Å². The number of thioether (sulfide) groups is 1. The molecule has 0 saturated carbocycles. The van der Waals surface area contributed by atoms with E-state index in [1.54, 1.807) is 24.3 Å². The molecule has 0 radical (unpaired) electrons. The van der Waals surface area contributed by atoms with Crippen molar-refractivity contribution in [2.45, 2.75) is 18.4 Å². The smallest absolute Gasteiger partial charge is 0.289 e. The largest absolute Gasteiger partial charge is 0.293 e. The Labute approximate surface area is 138 Å². The van der Waals surface area contributed by atoms with Crippen LogP contribution in [0.15, 0.2) is 35.4 Å². The van der Waals surface area contributed by atoms with E-state index in [-0.39, 0.29) is 17.4 Å². The first-order valence-corrected chi connectivity index (χ1v) is 7.99. The molecule has 2 rings (SSSR count). The van der Waals surface area contributed by atoms with Crippen LogP contribution in [0.1, 0.15) is 34.0 Å². The number of nitrogens with zero attached hydrogens (tertiary/aromatic N) is 2. The summed E-state index contributed by atoms with van der Waals surface area (Å²) in [6.45, 7) is 1.86. The number of nitrogens with one attached hydrogen (secondary N) is 1. The highest BCUT2D eigenvalue weighted by Gasteiger charge is 2.22. The fourth-order valence-electron chi connectivity index (χ4n) is 2.22. The third-order valence-corrected chi connectivity index (χ3v) is 4.37. The maximum absolute atomic E-state index is 12.2. The van der Waals surface area contributed by atoms with E-state index in [0.717, 1.165) is 0 Å². The molecule has 0 aliphatic heterocycles. The summed E-state index contributed by atoms with van der Waals surface area (Å²) in [6.07, 6.45) is 0.519. The molecule has 1 aromatic heterocycles. The number of carbonyl (C=O) groups excluding carboxylic acids is 1. The van der Waals surface area contributed by atoms with Gasteiger partial charge in [0.1, 0.15) is 23.3 Å². The second kappa shape index (κ2) is 7.44. The molecule has 2 aromatic rings. The summed E-state index contributed by atoms with van der Waals surface area (Å²) in [5.41, 5.74) is 7.77. The fraction of sp³-hybridized carbons (Fsp3) is 0.176. The molecule has 0 bridgehead atoms. The first-order chi connectivity index (χ1) is 11.1. The van der Waals surface area contributed by atoms with Crippen LogP contribution in [0.2, 0.25) is 0 Å². The predicted octanol–water partition coefficient (Wildman–Crippen LogP) is 2.36. The Balaban J connectivity index is 2.31. The van der Waals surface area contributed by atoms with Crippen LogP contribution in [0.4, 0.5) is 5.82 Å². The summed E-state index contributed by atoms with van der Waals surface area (Å²) in [5.74, 6) is 0.371. The molecule has 0 atom stereocenters. The van der Waals surface area contributed by atoms with Gasteiger partial charge in [0, 0.05) is 11.1 Å². The summed E-state index contributed by atoms with van der Waals surface area (Å²) in [7, 11) is 0. The fourth-order valence-corrected chi connectivity index (χ4v) is 3.16. The number of aromatic nitrogens is 1. The number of benzene rings is 1. The van der Waals surface area contributed by atoms with Gasteiger partial charge < -0.3 is 0 Å². The van der Waals surface area contributed by atoms with E-state index in [4.69, 9.17) is 5.73 Å². The van der Waals surface area contributed by atoms with Gasteiger partial charge >= 0.3 is 0 Å². The first kappa shape index (κ1) is 16.5. The number of nitrogen functional groups attached to an aromatic ring is 1. The lowest BCUT2D eigenvalue weighted by atomic mass is 10.0. The lowest BCUT2D eigenvalue weighted by Crippen LogP contribution is -2.20. The molecule has 0 aliphatic carbocycles. The van der Waals surface area contributed by atoms with Crippen molar-refractivity contribution in [3.8, 4) is 12.1 Å². The quantitative estimate of drug-likeness (QED) is 0.671. The molecule has 5 nitrogen and oxygen atoms in total. The standard InChI is InChI=1S/C17H14N4OS/c1-2-12-13(8-18)16(20)21-17(14(12)9-19)23-10-15(22)11-6-4-3-5-7-11/h3-7H,2,10H2,1H3,(H2,20,21)/p+1. The maximum atomic E-state index is 12.2. The van der Waals surface area contributed by atoms with Crippen LogP contribution in [-0.2, 0) is 6.42 Å². The van der Waals surface area contributed by atoms with Gasteiger partial charge in [0.25, 0.3) is 5.82 Å². The predicted molar refractivity (Wildman–Crippen MR) is 87.7 cm³/mol. The van der Waals surface area contributed by atoms with E-state index < -0.39 is 0 Å². The highest BCUT2D eigenvalue weighted by atomic mass is 32.2. The molecule has 1 heterocycles. The lowest BCUT2D eigenvalue weighted by molar-refractivity contribution is -0.410. The van der Waals surface area contributed by atoms with Crippen molar-refractivity contribution in [2.24, 2.45) is 0 Å². The number of H-pyrrole nitrogens is 1. The minimum absolute atomic E-state index is 0.0335. The summed E-state index contributed by atoms with van der Waals surface area (Å²) >= 11 is 1.22. The Morgan fingerprint density at radius 1 is 1.22 bits per heavy atom. The zero-order valence-corrected chi connectivity index (χ0v) is 13.4. The van der Waals surface area contributed by atoms with Crippen LogP contribution in [-0.4, -0.2) is 11.5 Å². The van der Waals surface area contributed by atoms with Crippen molar-refractivity contribution in [1.82, 2.24) is 0 Å². The summed E-state index contributed by atoms with van der Waals surface area (Å²) in [4.78, 5) is 15.1. The molecule has 23 heavy (non-hydrogen) atoms. The molecule has 0 amide bonds. The van der Waals surface area contributed by atoms with Gasteiger partial charge in [-0.1, -0.05) is 49.0 Å². The molecule has 0 unspecified atom stereocenters. The molecule has 6 heteroatoms. The Kier molecular flexibility index (Phi) is 5.35. The molecule has 0 fully saturated rings. The molecular formula is C17H15N4OS+. The van der Waals surface area contributed by atoms with Gasteiger partial charge in [-0.25, -0.2) is 4.98 Å². The van der Waals surface area contributed by atoms with Crippen molar-refractivity contribution in [1.29, 1.82) is 10.5 Å². The molecule has 114 valence electrons. The number of Topliss-reactive ketones (excluding diaryl/α,β-unsaturated/α-hetero) is 1. The van der Waals surface area contributed by atoms with Crippen molar-refractivity contribution >= 4 is 23.4 Å². The van der Waals surface area contributed by atoms with Crippen LogP contribution in [0.5, 0.6) is 0 Å². The third kappa shape index (κ3) is 3.50. The minimum Gasteiger partial charge on any atom is -0.293 e. The normalized spacial score (nSPS) is 9.87.